The van der Waals surface area contributed by atoms with Gasteiger partial charge in [0.25, 0.3) is 5.91 Å². The molecule has 0 aliphatic carbocycles. The molecular formula is C22H24N2O5S. The van der Waals surface area contributed by atoms with Gasteiger partial charge >= 0.3 is 0 Å². The van der Waals surface area contributed by atoms with Crippen molar-refractivity contribution in [1.29, 1.82) is 0 Å². The molecule has 2 N–H and O–H groups in total. The molecule has 1 aromatic heterocycles. The molecule has 1 aliphatic rings. The van der Waals surface area contributed by atoms with E-state index in [1.807, 2.05) is 37.3 Å². The smallest absolute Gasteiger partial charge is 0.251 e. The molecule has 3 aromatic rings. The Kier molecular flexibility index (Phi) is 5.90. The number of para-hydroxylation sites is 1. The van der Waals surface area contributed by atoms with E-state index in [1.165, 1.54) is 24.3 Å². The van der Waals surface area contributed by atoms with Crippen molar-refractivity contribution in [3.8, 4) is 0 Å². The van der Waals surface area contributed by atoms with Crippen LogP contribution in [0.1, 0.15) is 41.9 Å². The number of amides is 1. The third-order valence-corrected chi connectivity index (χ3v) is 6.61. The summed E-state index contributed by atoms with van der Waals surface area (Å²) in [6, 6.07) is 15.1. The molecule has 8 heteroatoms. The molecule has 1 aliphatic heterocycles. The molecule has 1 saturated heterocycles. The van der Waals surface area contributed by atoms with Crippen LogP contribution in [0.4, 0.5) is 0 Å². The topological polar surface area (TPSA) is 97.6 Å². The number of nitrogens with one attached hydrogen (secondary N) is 2. The zero-order valence-electron chi connectivity index (χ0n) is 16.6. The van der Waals surface area contributed by atoms with Crippen LogP contribution in [0.25, 0.3) is 11.0 Å². The van der Waals surface area contributed by atoms with Crippen LogP contribution in [0.2, 0.25) is 0 Å². The van der Waals surface area contributed by atoms with Gasteiger partial charge in [-0.05, 0) is 56.2 Å². The highest BCUT2D eigenvalue weighted by atomic mass is 32.2. The first-order valence-electron chi connectivity index (χ1n) is 9.93. The van der Waals surface area contributed by atoms with Crippen LogP contribution in [0.3, 0.4) is 0 Å². The molecule has 0 spiro atoms. The standard InChI is InChI=1S/C22H24N2O5S/c1-15(21-13-17-5-2-3-7-20(17)29-21)24-22(25)16-8-10-19(11-9-16)30(26,27)23-14-18-6-4-12-28-18/h2-3,5,7-11,13,15,18,23H,4,6,12,14H2,1H3,(H,24,25)/t15-,18+/m0/s1. The SMILES string of the molecule is C[C@H](NC(=O)c1ccc(S(=O)(=O)NC[C@H]2CCCO2)cc1)c1cc2ccccc2o1. The fraction of sp³-hybridized carbons (Fsp3) is 0.318. The van der Waals surface area contributed by atoms with E-state index in [1.54, 1.807) is 0 Å². The van der Waals surface area contributed by atoms with E-state index in [-0.39, 0.29) is 29.5 Å². The number of hydrogen-bond acceptors (Lipinski definition) is 5. The van der Waals surface area contributed by atoms with Gasteiger partial charge in [-0.15, -0.1) is 0 Å². The predicted molar refractivity (Wildman–Crippen MR) is 113 cm³/mol. The third-order valence-electron chi connectivity index (χ3n) is 5.17. The first-order chi connectivity index (χ1) is 14.4. The molecule has 4 rings (SSSR count). The van der Waals surface area contributed by atoms with Gasteiger partial charge < -0.3 is 14.5 Å². The Hall–Kier alpha value is -2.68. The van der Waals surface area contributed by atoms with Crippen LogP contribution in [-0.4, -0.2) is 33.6 Å². The van der Waals surface area contributed by atoms with E-state index >= 15 is 0 Å². The van der Waals surface area contributed by atoms with Crippen LogP contribution in [0.15, 0.2) is 63.9 Å². The lowest BCUT2D eigenvalue weighted by Crippen LogP contribution is -2.32. The second-order valence-electron chi connectivity index (χ2n) is 7.39. The number of hydrogen-bond donors (Lipinski definition) is 2. The maximum Gasteiger partial charge on any atom is 0.251 e. The van der Waals surface area contributed by atoms with Gasteiger partial charge in [0.05, 0.1) is 17.0 Å². The number of ether oxygens (including phenoxy) is 1. The first-order valence-corrected chi connectivity index (χ1v) is 11.4. The molecule has 2 atom stereocenters. The van der Waals surface area contributed by atoms with Gasteiger partial charge in [0.1, 0.15) is 11.3 Å². The summed E-state index contributed by atoms with van der Waals surface area (Å²) in [6.45, 7) is 2.76. The summed E-state index contributed by atoms with van der Waals surface area (Å²) in [6.07, 6.45) is 1.72. The number of carbonyl (C=O) groups is 1. The van der Waals surface area contributed by atoms with E-state index in [2.05, 4.69) is 10.0 Å². The summed E-state index contributed by atoms with van der Waals surface area (Å²) in [5, 5.41) is 3.85. The number of sulfonamides is 1. The van der Waals surface area contributed by atoms with Crippen LogP contribution < -0.4 is 10.0 Å². The van der Waals surface area contributed by atoms with E-state index in [0.29, 0.717) is 17.9 Å². The van der Waals surface area contributed by atoms with Crippen molar-refractivity contribution in [2.24, 2.45) is 0 Å². The van der Waals surface area contributed by atoms with Gasteiger partial charge in [0.2, 0.25) is 10.0 Å². The molecule has 0 saturated carbocycles. The normalized spacial score (nSPS) is 17.8. The van der Waals surface area contributed by atoms with Crippen LogP contribution in [0, 0.1) is 0 Å². The summed E-state index contributed by atoms with van der Waals surface area (Å²) in [5.41, 5.74) is 1.13. The highest BCUT2D eigenvalue weighted by Crippen LogP contribution is 2.24. The molecule has 0 unspecified atom stereocenters. The largest absolute Gasteiger partial charge is 0.459 e. The first kappa shape index (κ1) is 20.6. The second kappa shape index (κ2) is 8.59. The van der Waals surface area contributed by atoms with Gasteiger partial charge in [-0.1, -0.05) is 18.2 Å². The van der Waals surface area contributed by atoms with Crippen molar-refractivity contribution >= 4 is 26.9 Å². The number of fused-ring (bicyclic) bond motifs is 1. The Labute approximate surface area is 175 Å². The van der Waals surface area contributed by atoms with Crippen LogP contribution in [-0.2, 0) is 14.8 Å². The summed E-state index contributed by atoms with van der Waals surface area (Å²) >= 11 is 0. The number of furan rings is 1. The summed E-state index contributed by atoms with van der Waals surface area (Å²) in [7, 11) is -3.65. The molecule has 30 heavy (non-hydrogen) atoms. The highest BCUT2D eigenvalue weighted by molar-refractivity contribution is 7.89. The number of carbonyl (C=O) groups excluding carboxylic acids is 1. The Morgan fingerprint density at radius 3 is 2.63 bits per heavy atom. The Morgan fingerprint density at radius 1 is 1.17 bits per heavy atom. The summed E-state index contributed by atoms with van der Waals surface area (Å²) in [5.74, 6) is 0.348. The molecule has 0 radical (unpaired) electrons. The molecule has 2 heterocycles. The summed E-state index contributed by atoms with van der Waals surface area (Å²) in [4.78, 5) is 12.7. The Bertz CT molecular complexity index is 1100. The maximum absolute atomic E-state index is 12.6. The van der Waals surface area contributed by atoms with Gasteiger partial charge in [0, 0.05) is 24.1 Å². The molecular weight excluding hydrogens is 404 g/mol. The van der Waals surface area contributed by atoms with Gasteiger partial charge in [-0.2, -0.15) is 0 Å². The van der Waals surface area contributed by atoms with E-state index in [9.17, 15) is 13.2 Å². The van der Waals surface area contributed by atoms with E-state index < -0.39 is 10.0 Å². The van der Waals surface area contributed by atoms with Crippen molar-refractivity contribution in [3.05, 3.63) is 65.9 Å². The lowest BCUT2D eigenvalue weighted by atomic mass is 10.1. The number of benzene rings is 2. The minimum absolute atomic E-state index is 0.0791. The minimum Gasteiger partial charge on any atom is -0.459 e. The van der Waals surface area contributed by atoms with Gasteiger partial charge in [-0.3, -0.25) is 4.79 Å². The molecule has 7 nitrogen and oxygen atoms in total. The van der Waals surface area contributed by atoms with Gasteiger partial charge in [-0.25, -0.2) is 13.1 Å². The van der Waals surface area contributed by atoms with Gasteiger partial charge in [0.15, 0.2) is 0 Å². The summed E-state index contributed by atoms with van der Waals surface area (Å²) < 4.78 is 38.7. The Morgan fingerprint density at radius 2 is 1.93 bits per heavy atom. The van der Waals surface area contributed by atoms with Crippen molar-refractivity contribution in [3.63, 3.8) is 0 Å². The lowest BCUT2D eigenvalue weighted by molar-refractivity contribution is 0.0935. The molecule has 1 amide bonds. The maximum atomic E-state index is 12.6. The highest BCUT2D eigenvalue weighted by Gasteiger charge is 2.21. The molecule has 1 fully saturated rings. The average molecular weight is 429 g/mol. The van der Waals surface area contributed by atoms with Crippen LogP contribution >= 0.6 is 0 Å². The zero-order chi connectivity index (χ0) is 21.1. The minimum atomic E-state index is -3.65. The fourth-order valence-corrected chi connectivity index (χ4v) is 4.51. The molecule has 2 aromatic carbocycles. The fourth-order valence-electron chi connectivity index (χ4n) is 3.44. The number of rotatable bonds is 7. The average Bonchev–Trinajstić information content (AvgIpc) is 3.42. The quantitative estimate of drug-likeness (QED) is 0.601. The molecule has 0 bridgehead atoms. The van der Waals surface area contributed by atoms with Crippen molar-refractivity contribution in [1.82, 2.24) is 10.0 Å². The van der Waals surface area contributed by atoms with Crippen molar-refractivity contribution < 1.29 is 22.4 Å². The predicted octanol–water partition coefficient (Wildman–Crippen LogP) is 3.38. The van der Waals surface area contributed by atoms with Crippen molar-refractivity contribution in [2.75, 3.05) is 13.2 Å². The van der Waals surface area contributed by atoms with E-state index in [4.69, 9.17) is 9.15 Å². The van der Waals surface area contributed by atoms with E-state index in [0.717, 1.165) is 23.8 Å². The van der Waals surface area contributed by atoms with Crippen molar-refractivity contribution in [2.45, 2.75) is 36.8 Å². The monoisotopic (exact) mass is 428 g/mol. The third kappa shape index (κ3) is 4.56. The zero-order valence-corrected chi connectivity index (χ0v) is 17.4. The molecule has 158 valence electrons. The lowest BCUT2D eigenvalue weighted by Gasteiger charge is -2.13. The van der Waals surface area contributed by atoms with Crippen LogP contribution in [0.5, 0.6) is 0 Å². The Balaban J connectivity index is 1.39. The second-order valence-corrected chi connectivity index (χ2v) is 9.16.